The Balaban J connectivity index is 1.83. The molecular formula is C19H22N4O4. The third-order valence-electron chi connectivity index (χ3n) is 3.24. The van der Waals surface area contributed by atoms with Crippen molar-refractivity contribution in [3.8, 4) is 0 Å². The van der Waals surface area contributed by atoms with Crippen molar-refractivity contribution in [1.29, 1.82) is 0 Å². The van der Waals surface area contributed by atoms with Gasteiger partial charge in [-0.3, -0.25) is 25.4 Å². The number of rotatable bonds is 4. The van der Waals surface area contributed by atoms with Gasteiger partial charge in [-0.05, 0) is 50.6 Å². The highest BCUT2D eigenvalue weighted by Crippen LogP contribution is 2.08. The second-order valence-corrected chi connectivity index (χ2v) is 6.68. The van der Waals surface area contributed by atoms with E-state index >= 15 is 0 Å². The fraction of sp³-hybridized carbons (Fsp3) is 0.263. The first-order valence-electron chi connectivity index (χ1n) is 8.32. The quantitative estimate of drug-likeness (QED) is 0.715. The van der Waals surface area contributed by atoms with Gasteiger partial charge in [-0.25, -0.2) is 4.79 Å². The third-order valence-corrected chi connectivity index (χ3v) is 3.24. The molecule has 0 radical (unpaired) electrons. The molecule has 0 spiro atoms. The Kier molecular flexibility index (Phi) is 6.48. The standard InChI is InChI=1S/C19H22N4O4/c1-19(2,3)27-18(26)21-12-13-7-9-14(10-8-13)16(24)22-23-17(25)15-6-4-5-11-20-15/h4-11H,12H2,1-3H3,(H,21,26)(H,22,24)(H,23,25). The maximum atomic E-state index is 12.1. The normalized spacial score (nSPS) is 10.6. The van der Waals surface area contributed by atoms with E-state index in [0.29, 0.717) is 5.56 Å². The van der Waals surface area contributed by atoms with Crippen LogP contribution in [0, 0.1) is 0 Å². The lowest BCUT2D eigenvalue weighted by atomic mass is 10.1. The number of hydrogen-bond donors (Lipinski definition) is 3. The van der Waals surface area contributed by atoms with Gasteiger partial charge in [0, 0.05) is 18.3 Å². The SMILES string of the molecule is CC(C)(C)OC(=O)NCc1ccc(C(=O)NNC(=O)c2ccccn2)cc1. The van der Waals surface area contributed by atoms with E-state index in [1.807, 2.05) is 0 Å². The highest BCUT2D eigenvalue weighted by Gasteiger charge is 2.15. The summed E-state index contributed by atoms with van der Waals surface area (Å²) in [7, 11) is 0. The molecule has 2 rings (SSSR count). The Bertz CT molecular complexity index is 799. The van der Waals surface area contributed by atoms with Gasteiger partial charge in [0.2, 0.25) is 0 Å². The maximum Gasteiger partial charge on any atom is 0.407 e. The molecule has 3 N–H and O–H groups in total. The average molecular weight is 370 g/mol. The number of hydrazine groups is 1. The summed E-state index contributed by atoms with van der Waals surface area (Å²) in [5, 5.41) is 2.64. The van der Waals surface area contributed by atoms with Crippen LogP contribution in [0.2, 0.25) is 0 Å². The fourth-order valence-electron chi connectivity index (χ4n) is 2.01. The van der Waals surface area contributed by atoms with Crippen molar-refractivity contribution in [3.63, 3.8) is 0 Å². The molecule has 2 aromatic rings. The van der Waals surface area contributed by atoms with Crippen LogP contribution in [-0.4, -0.2) is 28.5 Å². The molecule has 0 aliphatic carbocycles. The van der Waals surface area contributed by atoms with Gasteiger partial charge in [-0.1, -0.05) is 18.2 Å². The van der Waals surface area contributed by atoms with Crippen LogP contribution < -0.4 is 16.2 Å². The van der Waals surface area contributed by atoms with Crippen molar-refractivity contribution in [1.82, 2.24) is 21.2 Å². The number of nitrogens with zero attached hydrogens (tertiary/aromatic N) is 1. The van der Waals surface area contributed by atoms with Gasteiger partial charge in [0.15, 0.2) is 0 Å². The lowest BCUT2D eigenvalue weighted by Crippen LogP contribution is -2.41. The zero-order chi connectivity index (χ0) is 19.9. The molecule has 1 aromatic heterocycles. The zero-order valence-corrected chi connectivity index (χ0v) is 15.4. The molecule has 0 atom stereocenters. The molecule has 142 valence electrons. The summed E-state index contributed by atoms with van der Waals surface area (Å²) in [4.78, 5) is 39.4. The number of carbonyl (C=O) groups is 3. The molecule has 0 unspecified atom stereocenters. The van der Waals surface area contributed by atoms with Gasteiger partial charge in [-0.15, -0.1) is 0 Å². The molecular weight excluding hydrogens is 348 g/mol. The summed E-state index contributed by atoms with van der Waals surface area (Å²) in [6.07, 6.45) is 0.974. The molecule has 0 aliphatic heterocycles. The number of alkyl carbamates (subject to hydrolysis) is 1. The summed E-state index contributed by atoms with van der Waals surface area (Å²) in [6, 6.07) is 11.5. The predicted octanol–water partition coefficient (Wildman–Crippen LogP) is 2.18. The monoisotopic (exact) mass is 370 g/mol. The van der Waals surface area contributed by atoms with Gasteiger partial charge in [0.1, 0.15) is 11.3 Å². The van der Waals surface area contributed by atoms with Crippen LogP contribution in [0.4, 0.5) is 4.79 Å². The lowest BCUT2D eigenvalue weighted by molar-refractivity contribution is 0.0523. The number of aromatic nitrogens is 1. The molecule has 1 heterocycles. The number of nitrogens with one attached hydrogen (secondary N) is 3. The summed E-state index contributed by atoms with van der Waals surface area (Å²) in [5.74, 6) is -0.979. The summed E-state index contributed by atoms with van der Waals surface area (Å²) < 4.78 is 5.15. The molecule has 3 amide bonds. The van der Waals surface area contributed by atoms with Crippen molar-refractivity contribution < 1.29 is 19.1 Å². The maximum absolute atomic E-state index is 12.1. The van der Waals surface area contributed by atoms with Crippen LogP contribution in [0.5, 0.6) is 0 Å². The Hall–Kier alpha value is -3.42. The Morgan fingerprint density at radius 3 is 2.22 bits per heavy atom. The van der Waals surface area contributed by atoms with Crippen molar-refractivity contribution >= 4 is 17.9 Å². The van der Waals surface area contributed by atoms with Crippen LogP contribution >= 0.6 is 0 Å². The first-order valence-corrected chi connectivity index (χ1v) is 8.32. The van der Waals surface area contributed by atoms with E-state index in [2.05, 4.69) is 21.2 Å². The Morgan fingerprint density at radius 1 is 0.963 bits per heavy atom. The minimum absolute atomic E-state index is 0.196. The van der Waals surface area contributed by atoms with Crippen LogP contribution in [0.1, 0.15) is 47.2 Å². The molecule has 27 heavy (non-hydrogen) atoms. The van der Waals surface area contributed by atoms with Crippen molar-refractivity contribution in [3.05, 3.63) is 65.5 Å². The second-order valence-electron chi connectivity index (χ2n) is 6.68. The summed E-state index contributed by atoms with van der Waals surface area (Å²) >= 11 is 0. The molecule has 0 fully saturated rings. The highest BCUT2D eigenvalue weighted by atomic mass is 16.6. The Morgan fingerprint density at radius 2 is 1.63 bits per heavy atom. The van der Waals surface area contributed by atoms with E-state index in [0.717, 1.165) is 5.56 Å². The first kappa shape index (κ1) is 19.9. The predicted molar refractivity (Wildman–Crippen MR) is 98.7 cm³/mol. The van der Waals surface area contributed by atoms with Crippen LogP contribution in [0.25, 0.3) is 0 Å². The third kappa shape index (κ3) is 6.77. The first-order chi connectivity index (χ1) is 12.7. The van der Waals surface area contributed by atoms with E-state index in [9.17, 15) is 14.4 Å². The van der Waals surface area contributed by atoms with Gasteiger partial charge >= 0.3 is 6.09 Å². The van der Waals surface area contributed by atoms with Crippen LogP contribution in [0.3, 0.4) is 0 Å². The van der Waals surface area contributed by atoms with Gasteiger partial charge in [0.25, 0.3) is 11.8 Å². The number of benzene rings is 1. The number of carbonyl (C=O) groups excluding carboxylic acids is 3. The lowest BCUT2D eigenvalue weighted by Gasteiger charge is -2.19. The zero-order valence-electron chi connectivity index (χ0n) is 15.4. The smallest absolute Gasteiger partial charge is 0.407 e. The number of ether oxygens (including phenoxy) is 1. The molecule has 0 saturated carbocycles. The topological polar surface area (TPSA) is 109 Å². The van der Waals surface area contributed by atoms with Crippen LogP contribution in [0.15, 0.2) is 48.7 Å². The molecule has 8 heteroatoms. The minimum atomic E-state index is -0.564. The second kappa shape index (κ2) is 8.79. The van der Waals surface area contributed by atoms with Crippen LogP contribution in [-0.2, 0) is 11.3 Å². The number of hydrogen-bond acceptors (Lipinski definition) is 5. The van der Waals surface area contributed by atoms with Crippen molar-refractivity contribution in [2.24, 2.45) is 0 Å². The largest absolute Gasteiger partial charge is 0.444 e. The van der Waals surface area contributed by atoms with Gasteiger partial charge in [-0.2, -0.15) is 0 Å². The molecule has 0 bridgehead atoms. The van der Waals surface area contributed by atoms with E-state index < -0.39 is 23.5 Å². The molecule has 1 aromatic carbocycles. The van der Waals surface area contributed by atoms with E-state index in [4.69, 9.17) is 4.74 Å². The van der Waals surface area contributed by atoms with E-state index in [-0.39, 0.29) is 12.2 Å². The molecule has 0 saturated heterocycles. The Labute approximate surface area is 157 Å². The average Bonchev–Trinajstić information content (AvgIpc) is 2.64. The van der Waals surface area contributed by atoms with Gasteiger partial charge < -0.3 is 10.1 Å². The molecule has 0 aliphatic rings. The van der Waals surface area contributed by atoms with Crippen molar-refractivity contribution in [2.45, 2.75) is 32.9 Å². The number of pyridine rings is 1. The van der Waals surface area contributed by atoms with E-state index in [1.54, 1.807) is 57.2 Å². The minimum Gasteiger partial charge on any atom is -0.444 e. The number of amides is 3. The van der Waals surface area contributed by atoms with Crippen molar-refractivity contribution in [2.75, 3.05) is 0 Å². The highest BCUT2D eigenvalue weighted by molar-refractivity contribution is 5.98. The summed E-state index contributed by atoms with van der Waals surface area (Å²) in [6.45, 7) is 5.62. The summed E-state index contributed by atoms with van der Waals surface area (Å²) in [5.41, 5.74) is 5.41. The fourth-order valence-corrected chi connectivity index (χ4v) is 2.01. The van der Waals surface area contributed by atoms with Gasteiger partial charge in [0.05, 0.1) is 0 Å². The van der Waals surface area contributed by atoms with E-state index in [1.165, 1.54) is 12.3 Å². The molecule has 8 nitrogen and oxygen atoms in total.